The largest absolute Gasteiger partial charge is 0.330 e. The molecule has 0 aliphatic rings. The highest BCUT2D eigenvalue weighted by molar-refractivity contribution is 6.30. The minimum Gasteiger partial charge on any atom is -0.330 e. The van der Waals surface area contributed by atoms with Crippen LogP contribution in [0.4, 0.5) is 8.78 Å². The normalized spacial score (nSPS) is 15.2. The molecule has 3 atom stereocenters. The first kappa shape index (κ1) is 27.7. The lowest BCUT2D eigenvalue weighted by Crippen LogP contribution is -2.49. The maximum atomic E-state index is 14.4. The molecule has 4 N–H and O–H groups in total. The fourth-order valence-corrected chi connectivity index (χ4v) is 5.30. The fourth-order valence-electron chi connectivity index (χ4n) is 5.10. The topological polar surface area (TPSA) is 69.1 Å². The Kier molecular flexibility index (Phi) is 9.55. The Morgan fingerprint density at radius 3 is 2.47 bits per heavy atom. The zero-order chi connectivity index (χ0) is 26.3. The third-order valence-electron chi connectivity index (χ3n) is 6.52. The van der Waals surface area contributed by atoms with E-state index in [1.165, 1.54) is 12.1 Å². The van der Waals surface area contributed by atoms with Crippen LogP contribution in [0, 0.1) is 24.5 Å². The van der Waals surface area contributed by atoms with Crippen LogP contribution in [0.2, 0.25) is 5.02 Å². The molecule has 0 amide bonds. The number of carbonyl (C=O) groups excluding carboxylic acids is 1. The molecule has 0 aliphatic carbocycles. The quantitative estimate of drug-likeness (QED) is 0.225. The van der Waals surface area contributed by atoms with Crippen molar-refractivity contribution >= 4 is 24.0 Å². The van der Waals surface area contributed by atoms with Crippen molar-refractivity contribution in [3.63, 3.8) is 0 Å². The van der Waals surface area contributed by atoms with Gasteiger partial charge in [0, 0.05) is 28.1 Å². The predicted octanol–water partition coefficient (Wildman–Crippen LogP) is 6.61. The number of rotatable bonds is 11. The molecule has 3 unspecified atom stereocenters. The molecular formula is C30H33ClF2N2O. The van der Waals surface area contributed by atoms with Crippen LogP contribution in [0.5, 0.6) is 0 Å². The molecule has 0 saturated carbocycles. The summed E-state index contributed by atoms with van der Waals surface area (Å²) in [6.07, 6.45) is 3.96. The lowest BCUT2D eigenvalue weighted by molar-refractivity contribution is -0.105. The number of benzene rings is 3. The van der Waals surface area contributed by atoms with Crippen LogP contribution >= 0.6 is 11.6 Å². The van der Waals surface area contributed by atoms with E-state index in [2.05, 4.69) is 0 Å². The van der Waals surface area contributed by atoms with Gasteiger partial charge in [-0.25, -0.2) is 8.78 Å². The molecule has 36 heavy (non-hydrogen) atoms. The van der Waals surface area contributed by atoms with Crippen LogP contribution < -0.4 is 11.5 Å². The van der Waals surface area contributed by atoms with Gasteiger partial charge >= 0.3 is 0 Å². The van der Waals surface area contributed by atoms with E-state index in [-0.39, 0.29) is 5.92 Å². The highest BCUT2D eigenvalue weighted by Gasteiger charge is 2.39. The van der Waals surface area contributed by atoms with Gasteiger partial charge in [-0.2, -0.15) is 0 Å². The highest BCUT2D eigenvalue weighted by atomic mass is 35.5. The molecule has 0 saturated heterocycles. The Labute approximate surface area is 217 Å². The second kappa shape index (κ2) is 12.4. The van der Waals surface area contributed by atoms with Crippen LogP contribution in [-0.2, 0) is 11.2 Å². The van der Waals surface area contributed by atoms with Crippen molar-refractivity contribution in [1.29, 1.82) is 0 Å². The summed E-state index contributed by atoms with van der Waals surface area (Å²) in [6, 6.07) is 18.8. The summed E-state index contributed by atoms with van der Waals surface area (Å²) in [4.78, 5) is 12.5. The number of halogens is 3. The van der Waals surface area contributed by atoms with Gasteiger partial charge < -0.3 is 11.5 Å². The third kappa shape index (κ3) is 7.10. The fraction of sp³-hybridized carbons (Fsp3) is 0.300. The van der Waals surface area contributed by atoms with Gasteiger partial charge in [0.1, 0.15) is 17.9 Å². The Balaban J connectivity index is 2.06. The number of aldehydes is 1. The summed E-state index contributed by atoms with van der Waals surface area (Å²) in [5.74, 6) is -1.77. The molecule has 0 spiro atoms. The monoisotopic (exact) mass is 510 g/mol. The van der Waals surface area contributed by atoms with Gasteiger partial charge in [-0.05, 0) is 79.6 Å². The molecule has 3 aromatic carbocycles. The minimum atomic E-state index is -0.925. The minimum absolute atomic E-state index is 0.0740. The molecule has 0 aromatic heterocycles. The maximum Gasteiger partial charge on any atom is 0.146 e. The lowest BCUT2D eigenvalue weighted by Gasteiger charge is -2.40. The Hall–Kier alpha value is -2.86. The smallest absolute Gasteiger partial charge is 0.146 e. The number of hydrogen-bond donors (Lipinski definition) is 2. The molecule has 0 heterocycles. The average Bonchev–Trinajstić information content (AvgIpc) is 2.80. The van der Waals surface area contributed by atoms with E-state index in [0.717, 1.165) is 29.0 Å². The van der Waals surface area contributed by atoms with Crippen molar-refractivity contribution in [3.05, 3.63) is 111 Å². The zero-order valence-electron chi connectivity index (χ0n) is 20.7. The third-order valence-corrected chi connectivity index (χ3v) is 6.76. The number of aryl methyl sites for hydroxylation is 1. The van der Waals surface area contributed by atoms with Crippen molar-refractivity contribution in [2.75, 3.05) is 6.54 Å². The van der Waals surface area contributed by atoms with Crippen LogP contribution in [0.15, 0.2) is 72.3 Å². The maximum absolute atomic E-state index is 14.4. The van der Waals surface area contributed by atoms with Gasteiger partial charge in [0.05, 0.1) is 0 Å². The molecule has 0 bridgehead atoms. The summed E-state index contributed by atoms with van der Waals surface area (Å²) >= 11 is 6.34. The van der Waals surface area contributed by atoms with Gasteiger partial charge in [0.25, 0.3) is 0 Å². The van der Waals surface area contributed by atoms with Gasteiger partial charge in [-0.1, -0.05) is 66.6 Å². The number of hydrogen-bond acceptors (Lipinski definition) is 3. The SMILES string of the molecule is Cc1cccc(/C=C(\C=O)C(c2cccc(Cl)c2)C(N)(CCN)CC(C)Cc2ccc(F)cc2F)c1. The zero-order valence-corrected chi connectivity index (χ0v) is 21.4. The predicted molar refractivity (Wildman–Crippen MR) is 144 cm³/mol. The molecule has 3 nitrogen and oxygen atoms in total. The summed E-state index contributed by atoms with van der Waals surface area (Å²) in [5.41, 5.74) is 15.9. The highest BCUT2D eigenvalue weighted by Crippen LogP contribution is 2.41. The molecule has 0 fully saturated rings. The molecule has 3 aromatic rings. The van der Waals surface area contributed by atoms with Gasteiger partial charge in [0.15, 0.2) is 0 Å². The summed E-state index contributed by atoms with van der Waals surface area (Å²) in [6.45, 7) is 4.27. The lowest BCUT2D eigenvalue weighted by atomic mass is 9.68. The first-order valence-electron chi connectivity index (χ1n) is 12.1. The van der Waals surface area contributed by atoms with Gasteiger partial charge in [0.2, 0.25) is 0 Å². The van der Waals surface area contributed by atoms with Crippen LogP contribution in [-0.4, -0.2) is 18.4 Å². The summed E-state index contributed by atoms with van der Waals surface area (Å²) in [7, 11) is 0. The first-order chi connectivity index (χ1) is 17.1. The average molecular weight is 511 g/mol. The van der Waals surface area contributed by atoms with Crippen LogP contribution in [0.1, 0.15) is 47.9 Å². The van der Waals surface area contributed by atoms with E-state index in [9.17, 15) is 13.6 Å². The standard InChI is InChI=1S/C30H33ClF2N2O/c1-20-5-3-6-22(13-20)15-25(19-36)29(24-7-4-8-26(31)16-24)30(35,11-12-34)18-21(2)14-23-9-10-27(32)17-28(23)33/h3-10,13,15-17,19,21,29H,11-12,14,18,34-35H2,1-2H3/b25-15+. The Morgan fingerprint density at radius 2 is 1.83 bits per heavy atom. The van der Waals surface area contributed by atoms with E-state index in [0.29, 0.717) is 42.0 Å². The van der Waals surface area contributed by atoms with E-state index < -0.39 is 23.1 Å². The number of carbonyl (C=O) groups is 1. The van der Waals surface area contributed by atoms with Crippen molar-refractivity contribution in [3.8, 4) is 0 Å². The first-order valence-corrected chi connectivity index (χ1v) is 12.4. The van der Waals surface area contributed by atoms with Crippen molar-refractivity contribution in [2.24, 2.45) is 17.4 Å². The van der Waals surface area contributed by atoms with Crippen LogP contribution in [0.3, 0.4) is 0 Å². The Morgan fingerprint density at radius 1 is 1.08 bits per heavy atom. The van der Waals surface area contributed by atoms with E-state index in [4.69, 9.17) is 23.1 Å². The Bertz CT molecular complexity index is 1230. The molecule has 0 aliphatic heterocycles. The van der Waals surface area contributed by atoms with E-state index >= 15 is 0 Å². The molecule has 3 rings (SSSR count). The van der Waals surface area contributed by atoms with Crippen LogP contribution in [0.25, 0.3) is 6.08 Å². The number of nitrogens with two attached hydrogens (primary N) is 2. The second-order valence-electron chi connectivity index (χ2n) is 9.69. The van der Waals surface area contributed by atoms with Crippen molar-refractivity contribution < 1.29 is 13.6 Å². The molecule has 190 valence electrons. The molecule has 6 heteroatoms. The van der Waals surface area contributed by atoms with Crippen molar-refractivity contribution in [2.45, 2.75) is 44.6 Å². The van der Waals surface area contributed by atoms with Gasteiger partial charge in [-0.3, -0.25) is 4.79 Å². The van der Waals surface area contributed by atoms with E-state index in [1.807, 2.05) is 62.4 Å². The van der Waals surface area contributed by atoms with Gasteiger partial charge in [-0.15, -0.1) is 0 Å². The summed E-state index contributed by atoms with van der Waals surface area (Å²) < 4.78 is 27.7. The second-order valence-corrected chi connectivity index (χ2v) is 10.1. The molecule has 0 radical (unpaired) electrons. The summed E-state index contributed by atoms with van der Waals surface area (Å²) in [5, 5.41) is 0.537. The van der Waals surface area contributed by atoms with Crippen molar-refractivity contribution in [1.82, 2.24) is 0 Å². The molecular weight excluding hydrogens is 478 g/mol. The van der Waals surface area contributed by atoms with E-state index in [1.54, 1.807) is 6.07 Å².